The molecule has 0 atom stereocenters. The number of rotatable bonds is 6. The monoisotopic (exact) mass is 368 g/mol. The van der Waals surface area contributed by atoms with Crippen molar-refractivity contribution in [1.29, 1.82) is 0 Å². The molecule has 0 aliphatic heterocycles. The Morgan fingerprint density at radius 1 is 1.29 bits per heavy atom. The van der Waals surface area contributed by atoms with Gasteiger partial charge in [0.05, 0.1) is 16.3 Å². The second-order valence-corrected chi connectivity index (χ2v) is 8.27. The van der Waals surface area contributed by atoms with E-state index in [0.717, 1.165) is 15.6 Å². The molecular weight excluding hydrogens is 351 g/mol. The smallest absolute Gasteiger partial charge is 0.423 e. The number of nitrogens with one attached hydrogen (secondary N) is 1. The molecule has 1 aromatic carbocycles. The first-order valence-electron chi connectivity index (χ1n) is 6.96. The summed E-state index contributed by atoms with van der Waals surface area (Å²) in [4.78, 5) is 12.3. The Morgan fingerprint density at radius 3 is 2.54 bits per heavy atom. The minimum atomic E-state index is -3.64. The van der Waals surface area contributed by atoms with Gasteiger partial charge in [0, 0.05) is 14.1 Å². The maximum absolute atomic E-state index is 12.3. The van der Waals surface area contributed by atoms with Gasteiger partial charge in [0.25, 0.3) is 0 Å². The molecule has 128 valence electrons. The topological polar surface area (TPSA) is 107 Å². The Hall–Kier alpha value is -1.72. The van der Waals surface area contributed by atoms with E-state index in [0.29, 0.717) is 10.6 Å². The van der Waals surface area contributed by atoms with Crippen molar-refractivity contribution < 1.29 is 23.3 Å². The molecule has 0 radical (unpaired) electrons. The first-order chi connectivity index (χ1) is 11.2. The van der Waals surface area contributed by atoms with Gasteiger partial charge in [-0.15, -0.1) is 11.3 Å². The fourth-order valence-electron chi connectivity index (χ4n) is 2.00. The average Bonchev–Trinajstić information content (AvgIpc) is 2.96. The van der Waals surface area contributed by atoms with Crippen molar-refractivity contribution in [3.05, 3.63) is 41.3 Å². The molecular formula is C14H17BN2O5S2. The number of sulfonamides is 1. The zero-order valence-electron chi connectivity index (χ0n) is 13.1. The number of anilines is 1. The van der Waals surface area contributed by atoms with Crippen LogP contribution in [0.3, 0.4) is 0 Å². The van der Waals surface area contributed by atoms with Crippen molar-refractivity contribution in [2.45, 2.75) is 11.3 Å². The van der Waals surface area contributed by atoms with E-state index in [1.807, 2.05) is 0 Å². The normalized spacial score (nSPS) is 11.5. The van der Waals surface area contributed by atoms with Crippen molar-refractivity contribution in [1.82, 2.24) is 4.31 Å². The molecule has 0 aliphatic rings. The summed E-state index contributed by atoms with van der Waals surface area (Å²) in [6, 6.07) is 7.78. The molecule has 0 saturated heterocycles. The number of benzene rings is 1. The van der Waals surface area contributed by atoms with E-state index >= 15 is 0 Å². The Morgan fingerprint density at radius 2 is 1.96 bits per heavy atom. The summed E-state index contributed by atoms with van der Waals surface area (Å²) in [5.74, 6) is -0.391. The third kappa shape index (κ3) is 4.22. The van der Waals surface area contributed by atoms with Crippen molar-refractivity contribution in [3.8, 4) is 0 Å². The zero-order chi connectivity index (χ0) is 17.9. The van der Waals surface area contributed by atoms with Gasteiger partial charge >= 0.3 is 7.12 Å². The number of nitrogens with zero attached hydrogens (tertiary/aromatic N) is 1. The lowest BCUT2D eigenvalue weighted by atomic mass is 9.83. The van der Waals surface area contributed by atoms with Crippen LogP contribution in [-0.2, 0) is 21.2 Å². The Balaban J connectivity index is 2.18. The molecule has 0 saturated carbocycles. The fourth-order valence-corrected chi connectivity index (χ4v) is 3.95. The van der Waals surface area contributed by atoms with Crippen LogP contribution in [-0.4, -0.2) is 49.9 Å². The van der Waals surface area contributed by atoms with Gasteiger partial charge in [-0.25, -0.2) is 12.7 Å². The van der Waals surface area contributed by atoms with E-state index in [4.69, 9.17) is 10.0 Å². The lowest BCUT2D eigenvalue weighted by molar-refractivity contribution is -0.115. The molecule has 7 nitrogen and oxygen atoms in total. The van der Waals surface area contributed by atoms with Crippen LogP contribution in [0, 0.1) is 0 Å². The van der Waals surface area contributed by atoms with Crippen molar-refractivity contribution >= 4 is 44.8 Å². The lowest BCUT2D eigenvalue weighted by Gasteiger charge is -2.14. The largest absolute Gasteiger partial charge is 0.489 e. The summed E-state index contributed by atoms with van der Waals surface area (Å²) in [5, 5.41) is 22.7. The highest BCUT2D eigenvalue weighted by molar-refractivity contribution is 7.89. The lowest BCUT2D eigenvalue weighted by Crippen LogP contribution is -2.28. The molecule has 2 aromatic rings. The molecule has 1 amide bonds. The van der Waals surface area contributed by atoms with Crippen molar-refractivity contribution in [3.63, 3.8) is 0 Å². The standard InChI is InChI=1S/C14H17BN2O5S2/c1-17(2)24(21,22)12-6-4-3-5-10(12)7-13(18)16-14-8-11(9-23-14)15(19)20/h3-6,8-9,19-20H,7H2,1-2H3,(H,16,18). The van der Waals surface area contributed by atoms with E-state index in [1.165, 1.54) is 31.6 Å². The summed E-state index contributed by atoms with van der Waals surface area (Å²) in [6.45, 7) is 0. The number of carbonyl (C=O) groups excluding carboxylic acids is 1. The molecule has 24 heavy (non-hydrogen) atoms. The van der Waals surface area contributed by atoms with Gasteiger partial charge < -0.3 is 15.4 Å². The van der Waals surface area contributed by atoms with Crippen LogP contribution in [0.25, 0.3) is 0 Å². The van der Waals surface area contributed by atoms with Crippen LogP contribution in [0.2, 0.25) is 0 Å². The molecule has 0 aliphatic carbocycles. The summed E-state index contributed by atoms with van der Waals surface area (Å²) in [7, 11) is -2.38. The van der Waals surface area contributed by atoms with Crippen LogP contribution in [0.4, 0.5) is 5.00 Å². The maximum Gasteiger partial charge on any atom is 0.489 e. The molecule has 0 spiro atoms. The predicted molar refractivity (Wildman–Crippen MR) is 93.8 cm³/mol. The summed E-state index contributed by atoms with van der Waals surface area (Å²) in [6.07, 6.45) is -0.113. The number of carbonyl (C=O) groups is 1. The van der Waals surface area contributed by atoms with Crippen molar-refractivity contribution in [2.75, 3.05) is 19.4 Å². The van der Waals surface area contributed by atoms with E-state index in [-0.39, 0.29) is 16.8 Å². The number of hydrogen-bond donors (Lipinski definition) is 3. The van der Waals surface area contributed by atoms with E-state index in [9.17, 15) is 13.2 Å². The van der Waals surface area contributed by atoms with Crippen molar-refractivity contribution in [2.24, 2.45) is 0 Å². The summed E-state index contributed by atoms with van der Waals surface area (Å²) >= 11 is 1.15. The highest BCUT2D eigenvalue weighted by Crippen LogP contribution is 2.20. The molecule has 10 heteroatoms. The first kappa shape index (κ1) is 18.6. The molecule has 1 heterocycles. The molecule has 0 unspecified atom stereocenters. The summed E-state index contributed by atoms with van der Waals surface area (Å²) < 4.78 is 25.7. The van der Waals surface area contributed by atoms with E-state index in [1.54, 1.807) is 18.2 Å². The van der Waals surface area contributed by atoms with Crippen LogP contribution < -0.4 is 10.8 Å². The van der Waals surface area contributed by atoms with Gasteiger partial charge in [-0.2, -0.15) is 0 Å². The van der Waals surface area contributed by atoms with Gasteiger partial charge in [0.2, 0.25) is 15.9 Å². The SMILES string of the molecule is CN(C)S(=O)(=O)c1ccccc1CC(=O)Nc1cc(B(O)O)cs1. The van der Waals surface area contributed by atoms with Crippen LogP contribution in [0.1, 0.15) is 5.56 Å². The van der Waals surface area contributed by atoms with Gasteiger partial charge in [-0.1, -0.05) is 18.2 Å². The molecule has 3 N–H and O–H groups in total. The van der Waals surface area contributed by atoms with Crippen LogP contribution in [0.5, 0.6) is 0 Å². The van der Waals surface area contributed by atoms with Gasteiger partial charge in [0.1, 0.15) is 0 Å². The highest BCUT2D eigenvalue weighted by atomic mass is 32.2. The minimum absolute atomic E-state index is 0.0859. The molecule has 1 aromatic heterocycles. The predicted octanol–water partition coefficient (Wildman–Crippen LogP) is -0.141. The second kappa shape index (κ2) is 7.45. The fraction of sp³-hybridized carbons (Fsp3) is 0.214. The average molecular weight is 368 g/mol. The van der Waals surface area contributed by atoms with Gasteiger partial charge in [0.15, 0.2) is 0 Å². The van der Waals surface area contributed by atoms with Crippen LogP contribution >= 0.6 is 11.3 Å². The highest BCUT2D eigenvalue weighted by Gasteiger charge is 2.22. The Kier molecular flexibility index (Phi) is 5.78. The third-order valence-electron chi connectivity index (χ3n) is 3.26. The molecule has 0 bridgehead atoms. The second-order valence-electron chi connectivity index (χ2n) is 5.24. The van der Waals surface area contributed by atoms with Gasteiger partial charge in [-0.3, -0.25) is 4.79 Å². The summed E-state index contributed by atoms with van der Waals surface area (Å²) in [5.41, 5.74) is 0.675. The van der Waals surface area contributed by atoms with E-state index in [2.05, 4.69) is 5.32 Å². The quantitative estimate of drug-likeness (QED) is 0.616. The third-order valence-corrected chi connectivity index (χ3v) is 6.04. The Labute approximate surface area is 144 Å². The van der Waals surface area contributed by atoms with Crippen LogP contribution in [0.15, 0.2) is 40.6 Å². The van der Waals surface area contributed by atoms with E-state index < -0.39 is 23.0 Å². The first-order valence-corrected chi connectivity index (χ1v) is 9.28. The van der Waals surface area contributed by atoms with Gasteiger partial charge in [-0.05, 0) is 28.5 Å². The number of thiophene rings is 1. The Bertz CT molecular complexity index is 833. The number of hydrogen-bond acceptors (Lipinski definition) is 6. The minimum Gasteiger partial charge on any atom is -0.423 e. The molecule has 0 fully saturated rings. The number of amides is 1. The zero-order valence-corrected chi connectivity index (χ0v) is 14.8. The maximum atomic E-state index is 12.3. The molecule has 2 rings (SSSR count).